The molecule has 1 unspecified atom stereocenters. The van der Waals surface area contributed by atoms with Gasteiger partial charge in [-0.1, -0.05) is 12.1 Å². The van der Waals surface area contributed by atoms with Crippen molar-refractivity contribution in [3.05, 3.63) is 29.8 Å². The van der Waals surface area contributed by atoms with Gasteiger partial charge in [-0.05, 0) is 24.6 Å². The highest BCUT2D eigenvalue weighted by atomic mass is 16.5. The van der Waals surface area contributed by atoms with Crippen LogP contribution in [0.15, 0.2) is 24.3 Å². The van der Waals surface area contributed by atoms with E-state index in [0.717, 1.165) is 11.3 Å². The highest BCUT2D eigenvalue weighted by molar-refractivity contribution is 5.80. The van der Waals surface area contributed by atoms with E-state index in [4.69, 9.17) is 10.5 Å². The van der Waals surface area contributed by atoms with Crippen LogP contribution in [0, 0.1) is 0 Å². The maximum absolute atomic E-state index is 11.6. The molecule has 16 heavy (non-hydrogen) atoms. The largest absolute Gasteiger partial charge is 0.497 e. The lowest BCUT2D eigenvalue weighted by Gasteiger charge is -2.19. The van der Waals surface area contributed by atoms with Gasteiger partial charge in [0.1, 0.15) is 5.75 Å². The van der Waals surface area contributed by atoms with Gasteiger partial charge in [-0.25, -0.2) is 0 Å². The maximum Gasteiger partial charge on any atom is 0.239 e. The first-order valence-electron chi connectivity index (χ1n) is 5.18. The summed E-state index contributed by atoms with van der Waals surface area (Å²) in [7, 11) is 3.36. The zero-order valence-corrected chi connectivity index (χ0v) is 9.93. The molecular formula is C12H18N2O2. The number of rotatable bonds is 4. The minimum Gasteiger partial charge on any atom is -0.497 e. The predicted molar refractivity (Wildman–Crippen MR) is 63.1 cm³/mol. The Morgan fingerprint density at radius 3 is 2.81 bits per heavy atom. The molecular weight excluding hydrogens is 204 g/mol. The van der Waals surface area contributed by atoms with Gasteiger partial charge >= 0.3 is 0 Å². The Hall–Kier alpha value is -1.55. The summed E-state index contributed by atoms with van der Waals surface area (Å²) in [6.07, 6.45) is 0. The van der Waals surface area contributed by atoms with E-state index in [1.54, 1.807) is 26.0 Å². The molecule has 0 radical (unpaired) electrons. The van der Waals surface area contributed by atoms with E-state index in [2.05, 4.69) is 0 Å². The average molecular weight is 222 g/mol. The zero-order chi connectivity index (χ0) is 12.1. The van der Waals surface area contributed by atoms with E-state index in [1.165, 1.54) is 0 Å². The third-order valence-electron chi connectivity index (χ3n) is 2.32. The van der Waals surface area contributed by atoms with Gasteiger partial charge < -0.3 is 15.4 Å². The maximum atomic E-state index is 11.6. The first-order valence-corrected chi connectivity index (χ1v) is 5.18. The first-order chi connectivity index (χ1) is 7.54. The van der Waals surface area contributed by atoms with E-state index >= 15 is 0 Å². The average Bonchev–Trinajstić information content (AvgIpc) is 2.28. The topological polar surface area (TPSA) is 55.6 Å². The Morgan fingerprint density at radius 2 is 2.25 bits per heavy atom. The molecule has 1 aromatic carbocycles. The van der Waals surface area contributed by atoms with Crippen molar-refractivity contribution in [2.75, 3.05) is 14.2 Å². The Morgan fingerprint density at radius 1 is 1.56 bits per heavy atom. The number of amides is 1. The molecule has 0 aliphatic rings. The van der Waals surface area contributed by atoms with Gasteiger partial charge in [0.05, 0.1) is 13.2 Å². The fraction of sp³-hybridized carbons (Fsp3) is 0.417. The smallest absolute Gasteiger partial charge is 0.239 e. The molecule has 0 heterocycles. The predicted octanol–water partition coefficient (Wildman–Crippen LogP) is 1.00. The fourth-order valence-electron chi connectivity index (χ4n) is 1.47. The number of hydrogen-bond donors (Lipinski definition) is 1. The number of benzene rings is 1. The number of nitrogens with zero attached hydrogens (tertiary/aromatic N) is 1. The molecule has 0 spiro atoms. The van der Waals surface area contributed by atoms with Gasteiger partial charge in [-0.15, -0.1) is 0 Å². The highest BCUT2D eigenvalue weighted by Gasteiger charge is 2.13. The molecule has 0 aliphatic carbocycles. The minimum atomic E-state index is -0.462. The lowest BCUT2D eigenvalue weighted by atomic mass is 10.2. The van der Waals surface area contributed by atoms with Crippen LogP contribution in [0.4, 0.5) is 0 Å². The standard InChI is InChI=1S/C12H18N2O2/c1-9(13)12(15)14(2)8-10-5-4-6-11(7-10)16-3/h4-7,9H,8,13H2,1-3H3. The first kappa shape index (κ1) is 12.5. The Labute approximate surface area is 96.0 Å². The molecule has 0 saturated heterocycles. The number of ether oxygens (including phenoxy) is 1. The van der Waals surface area contributed by atoms with Crippen LogP contribution in [0.5, 0.6) is 5.75 Å². The number of likely N-dealkylation sites (N-methyl/N-ethyl adjacent to an activating group) is 1. The monoisotopic (exact) mass is 222 g/mol. The SMILES string of the molecule is COc1cccc(CN(C)C(=O)C(C)N)c1. The summed E-state index contributed by atoms with van der Waals surface area (Å²) in [4.78, 5) is 13.2. The van der Waals surface area contributed by atoms with E-state index in [9.17, 15) is 4.79 Å². The zero-order valence-electron chi connectivity index (χ0n) is 9.93. The quantitative estimate of drug-likeness (QED) is 0.827. The molecule has 0 aromatic heterocycles. The van der Waals surface area contributed by atoms with Gasteiger partial charge in [0.2, 0.25) is 5.91 Å². The van der Waals surface area contributed by atoms with Crippen LogP contribution in [0.3, 0.4) is 0 Å². The van der Waals surface area contributed by atoms with Crippen LogP contribution >= 0.6 is 0 Å². The van der Waals surface area contributed by atoms with Gasteiger partial charge in [-0.2, -0.15) is 0 Å². The molecule has 4 heteroatoms. The molecule has 2 N–H and O–H groups in total. The second-order valence-corrected chi connectivity index (χ2v) is 3.83. The third-order valence-corrected chi connectivity index (χ3v) is 2.32. The van der Waals surface area contributed by atoms with Gasteiger partial charge in [-0.3, -0.25) is 4.79 Å². The van der Waals surface area contributed by atoms with Crippen molar-refractivity contribution in [1.29, 1.82) is 0 Å². The molecule has 1 aromatic rings. The van der Waals surface area contributed by atoms with Crippen LogP contribution in [-0.4, -0.2) is 31.0 Å². The van der Waals surface area contributed by atoms with Crippen molar-refractivity contribution < 1.29 is 9.53 Å². The molecule has 0 fully saturated rings. The Kier molecular flexibility index (Phi) is 4.31. The molecule has 0 aliphatic heterocycles. The summed E-state index contributed by atoms with van der Waals surface area (Å²) >= 11 is 0. The lowest BCUT2D eigenvalue weighted by molar-refractivity contribution is -0.131. The second kappa shape index (κ2) is 5.51. The van der Waals surface area contributed by atoms with Crippen molar-refractivity contribution in [2.45, 2.75) is 19.5 Å². The molecule has 1 atom stereocenters. The molecule has 4 nitrogen and oxygen atoms in total. The Balaban J connectivity index is 2.69. The third kappa shape index (κ3) is 3.24. The summed E-state index contributed by atoms with van der Waals surface area (Å²) in [5, 5.41) is 0. The van der Waals surface area contributed by atoms with E-state index in [1.807, 2.05) is 24.3 Å². The van der Waals surface area contributed by atoms with Gasteiger partial charge in [0.25, 0.3) is 0 Å². The van der Waals surface area contributed by atoms with Crippen LogP contribution in [0.1, 0.15) is 12.5 Å². The normalized spacial score (nSPS) is 12.0. The molecule has 0 bridgehead atoms. The highest BCUT2D eigenvalue weighted by Crippen LogP contribution is 2.13. The summed E-state index contributed by atoms with van der Waals surface area (Å²) in [5.74, 6) is 0.724. The number of carbonyl (C=O) groups is 1. The molecule has 0 saturated carbocycles. The number of carbonyl (C=O) groups excluding carboxylic acids is 1. The molecule has 88 valence electrons. The second-order valence-electron chi connectivity index (χ2n) is 3.83. The Bertz CT molecular complexity index is 364. The lowest BCUT2D eigenvalue weighted by Crippen LogP contribution is -2.39. The van der Waals surface area contributed by atoms with Crippen LogP contribution in [0.25, 0.3) is 0 Å². The van der Waals surface area contributed by atoms with Gasteiger partial charge in [0.15, 0.2) is 0 Å². The minimum absolute atomic E-state index is 0.0668. The van der Waals surface area contributed by atoms with E-state index in [0.29, 0.717) is 6.54 Å². The number of hydrogen-bond acceptors (Lipinski definition) is 3. The van der Waals surface area contributed by atoms with Crippen LogP contribution in [0.2, 0.25) is 0 Å². The fourth-order valence-corrected chi connectivity index (χ4v) is 1.47. The van der Waals surface area contributed by atoms with Crippen LogP contribution < -0.4 is 10.5 Å². The van der Waals surface area contributed by atoms with E-state index < -0.39 is 6.04 Å². The van der Waals surface area contributed by atoms with Gasteiger partial charge in [0, 0.05) is 13.6 Å². The van der Waals surface area contributed by atoms with Crippen molar-refractivity contribution >= 4 is 5.91 Å². The molecule has 1 amide bonds. The van der Waals surface area contributed by atoms with Crippen molar-refractivity contribution in [3.8, 4) is 5.75 Å². The van der Waals surface area contributed by atoms with Crippen molar-refractivity contribution in [2.24, 2.45) is 5.73 Å². The van der Waals surface area contributed by atoms with Crippen LogP contribution in [-0.2, 0) is 11.3 Å². The van der Waals surface area contributed by atoms with Crippen molar-refractivity contribution in [1.82, 2.24) is 4.90 Å². The summed E-state index contributed by atoms with van der Waals surface area (Å²) in [6, 6.07) is 7.17. The summed E-state index contributed by atoms with van der Waals surface area (Å²) < 4.78 is 5.12. The molecule has 1 rings (SSSR count). The number of nitrogens with two attached hydrogens (primary N) is 1. The van der Waals surface area contributed by atoms with E-state index in [-0.39, 0.29) is 5.91 Å². The summed E-state index contributed by atoms with van der Waals surface area (Å²) in [5.41, 5.74) is 6.55. The summed E-state index contributed by atoms with van der Waals surface area (Å²) in [6.45, 7) is 2.22. The number of methoxy groups -OCH3 is 1. The van der Waals surface area contributed by atoms with Crippen molar-refractivity contribution in [3.63, 3.8) is 0 Å².